The number of amides is 1. The summed E-state index contributed by atoms with van der Waals surface area (Å²) < 4.78 is 23.5. The van der Waals surface area contributed by atoms with Crippen LogP contribution in [-0.2, 0) is 18.4 Å². The standard InChI is InChI=1S/C71H143N2O6P/c1-6-8-10-12-14-16-18-20-22-24-26-28-30-32-33-34-35-36-37-38-39-40-41-43-45-47-49-51-53-55-57-59-61-63-65-71(75)72-69(68-79-80(76,77)78-67-66-73(3,4)5)70(74)64-62-60-58-56-54-52-50-48-46-44-42-31-29-27-25-23-21-19-17-15-13-11-9-7-2/h62,64,69-70,74H,6-61,63,65-68H2,1-5H3,(H-,72,75,76,77)/b64-62+. The third-order valence-corrected chi connectivity index (χ3v) is 18.0. The van der Waals surface area contributed by atoms with Gasteiger partial charge in [0.1, 0.15) is 13.2 Å². The molecule has 0 radical (unpaired) electrons. The predicted molar refractivity (Wildman–Crippen MR) is 349 cm³/mol. The van der Waals surface area contributed by atoms with Gasteiger partial charge in [-0.25, -0.2) is 0 Å². The molecule has 3 atom stereocenters. The van der Waals surface area contributed by atoms with Gasteiger partial charge in [-0.2, -0.15) is 0 Å². The summed E-state index contributed by atoms with van der Waals surface area (Å²) in [4.78, 5) is 25.6. The van der Waals surface area contributed by atoms with Gasteiger partial charge in [0, 0.05) is 6.42 Å². The zero-order chi connectivity index (χ0) is 58.4. The maximum absolute atomic E-state index is 13.0. The van der Waals surface area contributed by atoms with Crippen molar-refractivity contribution in [2.24, 2.45) is 0 Å². The number of phosphoric acid groups is 1. The normalized spacial score (nSPS) is 13.6. The number of unbranched alkanes of at least 4 members (excludes halogenated alkanes) is 55. The first-order valence-corrected chi connectivity index (χ1v) is 37.5. The Bertz CT molecular complexity index is 1310. The molecule has 0 aromatic rings. The fourth-order valence-corrected chi connectivity index (χ4v) is 12.1. The largest absolute Gasteiger partial charge is 0.756 e. The molecular formula is C71H143N2O6P. The summed E-state index contributed by atoms with van der Waals surface area (Å²) in [5.74, 6) is -0.187. The number of allylic oxidation sites excluding steroid dienone is 1. The van der Waals surface area contributed by atoms with Crippen molar-refractivity contribution in [1.82, 2.24) is 5.32 Å². The average molecular weight is 1150 g/mol. The van der Waals surface area contributed by atoms with Gasteiger partial charge in [-0.1, -0.05) is 373 Å². The van der Waals surface area contributed by atoms with Gasteiger partial charge in [-0.05, 0) is 19.3 Å². The van der Waals surface area contributed by atoms with Crippen LogP contribution >= 0.6 is 7.82 Å². The summed E-state index contributed by atoms with van der Waals surface area (Å²) in [6.07, 6.45) is 80.6. The molecule has 0 fully saturated rings. The van der Waals surface area contributed by atoms with E-state index < -0.39 is 20.0 Å². The second kappa shape index (κ2) is 62.8. The summed E-state index contributed by atoms with van der Waals surface area (Å²) in [5, 5.41) is 14.0. The first kappa shape index (κ1) is 79.2. The molecule has 8 nitrogen and oxygen atoms in total. The van der Waals surface area contributed by atoms with Crippen molar-refractivity contribution in [3.8, 4) is 0 Å². The highest BCUT2D eigenvalue weighted by atomic mass is 31.2. The molecule has 80 heavy (non-hydrogen) atoms. The van der Waals surface area contributed by atoms with Crippen LogP contribution in [0.1, 0.15) is 386 Å². The molecule has 0 aromatic heterocycles. The number of carbonyl (C=O) groups excluding carboxylic acids is 1. The molecule has 0 heterocycles. The number of carbonyl (C=O) groups is 1. The van der Waals surface area contributed by atoms with Crippen LogP contribution in [0.2, 0.25) is 0 Å². The zero-order valence-corrected chi connectivity index (χ0v) is 55.7. The Balaban J connectivity index is 3.97. The molecule has 0 saturated carbocycles. The molecule has 1 amide bonds. The SMILES string of the molecule is CCCCCCCCCCCCCCCCCCCCCCCC/C=C/C(O)C(COP(=O)([O-])OCC[N+](C)(C)C)NC(=O)CCCCCCCCCCCCCCCCCCCCCCCCCCCCCCCCCCCC. The third-order valence-electron chi connectivity index (χ3n) is 17.0. The van der Waals surface area contributed by atoms with E-state index in [0.29, 0.717) is 17.4 Å². The minimum absolute atomic E-state index is 0.00301. The second-order valence-electron chi connectivity index (χ2n) is 26.3. The van der Waals surface area contributed by atoms with Crippen molar-refractivity contribution in [3.63, 3.8) is 0 Å². The molecule has 0 spiro atoms. The summed E-state index contributed by atoms with van der Waals surface area (Å²) >= 11 is 0. The lowest BCUT2D eigenvalue weighted by Gasteiger charge is -2.29. The predicted octanol–water partition coefficient (Wildman–Crippen LogP) is 22.3. The molecule has 9 heteroatoms. The lowest BCUT2D eigenvalue weighted by atomic mass is 10.0. The van der Waals surface area contributed by atoms with Crippen LogP contribution in [0.5, 0.6) is 0 Å². The van der Waals surface area contributed by atoms with Gasteiger partial charge in [0.25, 0.3) is 7.82 Å². The summed E-state index contributed by atoms with van der Waals surface area (Å²) in [5.41, 5.74) is 0. The highest BCUT2D eigenvalue weighted by Crippen LogP contribution is 2.38. The van der Waals surface area contributed by atoms with E-state index in [1.165, 1.54) is 327 Å². The Morgan fingerprint density at radius 2 is 0.675 bits per heavy atom. The quantitative estimate of drug-likeness (QED) is 0.0272. The number of nitrogens with zero attached hydrogens (tertiary/aromatic N) is 1. The smallest absolute Gasteiger partial charge is 0.268 e. The van der Waals surface area contributed by atoms with Crippen molar-refractivity contribution in [2.45, 2.75) is 398 Å². The Kier molecular flexibility index (Phi) is 62.2. The average Bonchev–Trinajstić information content (AvgIpc) is 3.42. The minimum Gasteiger partial charge on any atom is -0.756 e. The number of rotatable bonds is 68. The number of aliphatic hydroxyl groups excluding tert-OH is 1. The number of nitrogens with one attached hydrogen (secondary N) is 1. The zero-order valence-electron chi connectivity index (χ0n) is 54.8. The Morgan fingerprint density at radius 3 is 0.938 bits per heavy atom. The van der Waals surface area contributed by atoms with Crippen molar-refractivity contribution in [1.29, 1.82) is 0 Å². The van der Waals surface area contributed by atoms with Crippen LogP contribution in [0.15, 0.2) is 12.2 Å². The minimum atomic E-state index is -4.60. The molecule has 0 bridgehead atoms. The van der Waals surface area contributed by atoms with Crippen LogP contribution in [0.4, 0.5) is 0 Å². The van der Waals surface area contributed by atoms with Crippen LogP contribution in [-0.4, -0.2) is 68.5 Å². The molecule has 2 N–H and O–H groups in total. The molecule has 0 aromatic carbocycles. The highest BCUT2D eigenvalue weighted by molar-refractivity contribution is 7.45. The first-order chi connectivity index (χ1) is 39.0. The van der Waals surface area contributed by atoms with Crippen molar-refractivity contribution in [3.05, 3.63) is 12.2 Å². The summed E-state index contributed by atoms with van der Waals surface area (Å²) in [6, 6.07) is -0.884. The van der Waals surface area contributed by atoms with Gasteiger partial charge in [0.15, 0.2) is 0 Å². The maximum Gasteiger partial charge on any atom is 0.268 e. The monoisotopic (exact) mass is 1150 g/mol. The van der Waals surface area contributed by atoms with Crippen molar-refractivity contribution >= 4 is 13.7 Å². The van der Waals surface area contributed by atoms with E-state index in [1.807, 2.05) is 27.2 Å². The lowest BCUT2D eigenvalue weighted by Crippen LogP contribution is -2.45. The first-order valence-electron chi connectivity index (χ1n) is 36.1. The number of aliphatic hydroxyl groups is 1. The fourth-order valence-electron chi connectivity index (χ4n) is 11.4. The number of hydrogen-bond acceptors (Lipinski definition) is 6. The van der Waals surface area contributed by atoms with Gasteiger partial charge in [0.05, 0.1) is 39.9 Å². The second-order valence-corrected chi connectivity index (χ2v) is 27.7. The van der Waals surface area contributed by atoms with Crippen molar-refractivity contribution < 1.29 is 32.9 Å². The number of quaternary nitrogens is 1. The number of hydrogen-bond donors (Lipinski definition) is 2. The van der Waals surface area contributed by atoms with E-state index >= 15 is 0 Å². The van der Waals surface area contributed by atoms with Crippen LogP contribution < -0.4 is 10.2 Å². The summed E-state index contributed by atoms with van der Waals surface area (Å²) in [7, 11) is 1.29. The third kappa shape index (κ3) is 64.8. The van der Waals surface area contributed by atoms with E-state index in [2.05, 4.69) is 19.2 Å². The van der Waals surface area contributed by atoms with E-state index in [9.17, 15) is 19.4 Å². The highest BCUT2D eigenvalue weighted by Gasteiger charge is 2.23. The van der Waals surface area contributed by atoms with Crippen LogP contribution in [0.3, 0.4) is 0 Å². The molecule has 3 unspecified atom stereocenters. The van der Waals surface area contributed by atoms with Gasteiger partial charge in [0.2, 0.25) is 5.91 Å². The molecule has 0 aliphatic rings. The molecular weight excluding hydrogens is 1010 g/mol. The van der Waals surface area contributed by atoms with E-state index in [-0.39, 0.29) is 19.1 Å². The summed E-state index contributed by atoms with van der Waals surface area (Å²) in [6.45, 7) is 4.72. The van der Waals surface area contributed by atoms with E-state index in [1.54, 1.807) is 6.08 Å². The lowest BCUT2D eigenvalue weighted by molar-refractivity contribution is -0.870. The Morgan fingerprint density at radius 1 is 0.425 bits per heavy atom. The molecule has 0 aliphatic carbocycles. The van der Waals surface area contributed by atoms with E-state index in [0.717, 1.165) is 38.5 Å². The van der Waals surface area contributed by atoms with Crippen LogP contribution in [0.25, 0.3) is 0 Å². The molecule has 478 valence electrons. The van der Waals surface area contributed by atoms with Crippen molar-refractivity contribution in [2.75, 3.05) is 40.9 Å². The fraction of sp³-hybridized carbons (Fsp3) is 0.958. The Hall–Kier alpha value is -0.760. The van der Waals surface area contributed by atoms with E-state index in [4.69, 9.17) is 9.05 Å². The topological polar surface area (TPSA) is 108 Å². The molecule has 0 rings (SSSR count). The van der Waals surface area contributed by atoms with Crippen LogP contribution in [0, 0.1) is 0 Å². The van der Waals surface area contributed by atoms with Gasteiger partial charge < -0.3 is 28.8 Å². The number of likely N-dealkylation sites (N-methyl/N-ethyl adjacent to an activating group) is 1. The molecule has 0 aliphatic heterocycles. The van der Waals surface area contributed by atoms with Gasteiger partial charge in [-0.15, -0.1) is 0 Å². The number of phosphoric ester groups is 1. The van der Waals surface area contributed by atoms with Gasteiger partial charge in [-0.3, -0.25) is 9.36 Å². The van der Waals surface area contributed by atoms with Gasteiger partial charge >= 0.3 is 0 Å². The Labute approximate surface area is 501 Å². The molecule has 0 saturated heterocycles. The maximum atomic E-state index is 13.0.